The molecule has 0 fully saturated rings. The molecule has 0 aromatic carbocycles. The highest BCUT2D eigenvalue weighted by Gasteiger charge is 2.12. The van der Waals surface area contributed by atoms with Crippen LogP contribution in [0.25, 0.3) is 0 Å². The molecule has 0 atom stereocenters. The van der Waals surface area contributed by atoms with Crippen molar-refractivity contribution < 1.29 is 4.74 Å². The Morgan fingerprint density at radius 3 is 2.79 bits per heavy atom. The zero-order valence-electron chi connectivity index (χ0n) is 7.88. The van der Waals surface area contributed by atoms with Gasteiger partial charge in [0.05, 0.1) is 17.3 Å². The van der Waals surface area contributed by atoms with Gasteiger partial charge in [-0.1, -0.05) is 0 Å². The topological polar surface area (TPSA) is 44.1 Å². The van der Waals surface area contributed by atoms with Crippen molar-refractivity contribution in [3.63, 3.8) is 0 Å². The molecule has 1 rings (SSSR count). The van der Waals surface area contributed by atoms with Crippen LogP contribution in [0.15, 0.2) is 9.27 Å². The number of methoxy groups -OCH3 is 1. The summed E-state index contributed by atoms with van der Waals surface area (Å²) < 4.78 is 7.19. The highest BCUT2D eigenvalue weighted by atomic mass is 79.9. The van der Waals surface area contributed by atoms with E-state index in [0.717, 1.165) is 0 Å². The van der Waals surface area contributed by atoms with E-state index in [4.69, 9.17) is 16.3 Å². The third-order valence-corrected chi connectivity index (χ3v) is 2.83. The summed E-state index contributed by atoms with van der Waals surface area (Å²) in [5.74, 6) is 0.802. The highest BCUT2D eigenvalue weighted by molar-refractivity contribution is 9.10. The van der Waals surface area contributed by atoms with Gasteiger partial charge in [0, 0.05) is 12.4 Å². The molecule has 0 aliphatic rings. The molecule has 0 aliphatic carbocycles. The molecule has 0 spiro atoms. The number of ether oxygens (including phenoxy) is 1. The summed E-state index contributed by atoms with van der Waals surface area (Å²) in [5.41, 5.74) is 0.265. The molecule has 1 aromatic heterocycles. The Kier molecular flexibility index (Phi) is 3.95. The summed E-state index contributed by atoms with van der Waals surface area (Å²) >= 11 is 8.88. The number of aryl methyl sites for hydroxylation is 1. The van der Waals surface area contributed by atoms with E-state index in [9.17, 15) is 4.79 Å². The van der Waals surface area contributed by atoms with E-state index < -0.39 is 0 Å². The third kappa shape index (κ3) is 2.09. The fourth-order valence-corrected chi connectivity index (χ4v) is 1.73. The number of alkyl halides is 1. The van der Waals surface area contributed by atoms with E-state index in [1.807, 2.05) is 0 Å². The summed E-state index contributed by atoms with van der Waals surface area (Å²) in [6.07, 6.45) is 0. The predicted octanol–water partition coefficient (Wildman–Crippen LogP) is 1.56. The van der Waals surface area contributed by atoms with Crippen molar-refractivity contribution in [1.29, 1.82) is 0 Å². The summed E-state index contributed by atoms with van der Waals surface area (Å²) in [4.78, 5) is 15.3. The average Bonchev–Trinajstić information content (AvgIpc) is 2.15. The van der Waals surface area contributed by atoms with Gasteiger partial charge in [0.2, 0.25) is 5.88 Å². The summed E-state index contributed by atoms with van der Waals surface area (Å²) in [7, 11) is 1.50. The number of nitrogens with zero attached hydrogens (tertiary/aromatic N) is 2. The maximum absolute atomic E-state index is 11.5. The third-order valence-electron chi connectivity index (χ3n) is 1.75. The molecule has 0 bridgehead atoms. The van der Waals surface area contributed by atoms with Crippen LogP contribution in [0.2, 0.25) is 0 Å². The Labute approximate surface area is 95.0 Å². The van der Waals surface area contributed by atoms with Gasteiger partial charge in [0.1, 0.15) is 0 Å². The first-order chi connectivity index (χ1) is 6.61. The second kappa shape index (κ2) is 4.79. The van der Waals surface area contributed by atoms with E-state index in [1.54, 1.807) is 6.92 Å². The van der Waals surface area contributed by atoms with Crippen molar-refractivity contribution in [2.75, 3.05) is 13.0 Å². The molecule has 1 aromatic rings. The van der Waals surface area contributed by atoms with Gasteiger partial charge in [-0.3, -0.25) is 4.57 Å². The minimum atomic E-state index is -0.344. The molecule has 0 aliphatic heterocycles. The van der Waals surface area contributed by atoms with E-state index in [1.165, 1.54) is 11.7 Å². The van der Waals surface area contributed by atoms with Crippen LogP contribution in [0.3, 0.4) is 0 Å². The molecule has 0 saturated carbocycles. The van der Waals surface area contributed by atoms with Crippen molar-refractivity contribution in [1.82, 2.24) is 9.55 Å². The Balaban J connectivity index is 3.39. The number of hydrogen-bond acceptors (Lipinski definition) is 3. The largest absolute Gasteiger partial charge is 0.481 e. The van der Waals surface area contributed by atoms with Gasteiger partial charge in [-0.25, -0.2) is 4.79 Å². The quantitative estimate of drug-likeness (QED) is 0.790. The second-order valence-electron chi connectivity index (χ2n) is 2.64. The second-order valence-corrected chi connectivity index (χ2v) is 3.81. The molecule has 14 heavy (non-hydrogen) atoms. The Bertz CT molecular complexity index is 392. The van der Waals surface area contributed by atoms with Crippen molar-refractivity contribution in [3.8, 4) is 5.88 Å². The normalized spacial score (nSPS) is 10.3. The first kappa shape index (κ1) is 11.5. The molecule has 0 unspecified atom stereocenters. The SMILES string of the molecule is COc1c(Br)c(C)nc(=O)n1CCCl. The summed E-state index contributed by atoms with van der Waals surface area (Å²) in [6, 6.07) is 0. The molecule has 0 saturated heterocycles. The monoisotopic (exact) mass is 280 g/mol. The lowest BCUT2D eigenvalue weighted by atomic mass is 10.4. The van der Waals surface area contributed by atoms with Crippen LogP contribution in [-0.2, 0) is 6.54 Å². The number of aromatic nitrogens is 2. The van der Waals surface area contributed by atoms with Crippen LogP contribution in [-0.4, -0.2) is 22.5 Å². The smallest absolute Gasteiger partial charge is 0.350 e. The van der Waals surface area contributed by atoms with Crippen molar-refractivity contribution in [2.45, 2.75) is 13.5 Å². The maximum atomic E-state index is 11.5. The maximum Gasteiger partial charge on any atom is 0.350 e. The van der Waals surface area contributed by atoms with Gasteiger partial charge in [-0.2, -0.15) is 4.98 Å². The first-order valence-corrected chi connectivity index (χ1v) is 5.31. The number of rotatable bonds is 3. The molecule has 1 heterocycles. The van der Waals surface area contributed by atoms with Gasteiger partial charge in [0.25, 0.3) is 0 Å². The fourth-order valence-electron chi connectivity index (χ4n) is 1.09. The van der Waals surface area contributed by atoms with Crippen LogP contribution < -0.4 is 10.4 Å². The summed E-state index contributed by atoms with van der Waals surface area (Å²) in [5, 5.41) is 0. The van der Waals surface area contributed by atoms with Gasteiger partial charge in [-0.05, 0) is 22.9 Å². The minimum absolute atomic E-state index is 0.341. The van der Waals surface area contributed by atoms with E-state index in [0.29, 0.717) is 28.5 Å². The molecule has 6 heteroatoms. The van der Waals surface area contributed by atoms with Gasteiger partial charge >= 0.3 is 5.69 Å². The van der Waals surface area contributed by atoms with E-state index in [2.05, 4.69) is 20.9 Å². The summed E-state index contributed by atoms with van der Waals surface area (Å²) in [6.45, 7) is 2.12. The molecular formula is C8H10BrClN2O2. The molecule has 0 N–H and O–H groups in total. The predicted molar refractivity (Wildman–Crippen MR) is 58.2 cm³/mol. The van der Waals surface area contributed by atoms with Gasteiger partial charge in [-0.15, -0.1) is 11.6 Å². The number of halogens is 2. The molecule has 4 nitrogen and oxygen atoms in total. The zero-order chi connectivity index (χ0) is 10.7. The van der Waals surface area contributed by atoms with Gasteiger partial charge in [0.15, 0.2) is 0 Å². The van der Waals surface area contributed by atoms with Crippen LogP contribution >= 0.6 is 27.5 Å². The Morgan fingerprint density at radius 2 is 2.29 bits per heavy atom. The molecule has 78 valence electrons. The van der Waals surface area contributed by atoms with Crippen molar-refractivity contribution >= 4 is 27.5 Å². The minimum Gasteiger partial charge on any atom is -0.481 e. The fraction of sp³-hybridized carbons (Fsp3) is 0.500. The molecule has 0 amide bonds. The zero-order valence-corrected chi connectivity index (χ0v) is 10.2. The first-order valence-electron chi connectivity index (χ1n) is 3.98. The Morgan fingerprint density at radius 1 is 1.64 bits per heavy atom. The van der Waals surface area contributed by atoms with Crippen LogP contribution in [0.1, 0.15) is 5.69 Å². The lowest BCUT2D eigenvalue weighted by Gasteiger charge is -2.12. The lowest BCUT2D eigenvalue weighted by Crippen LogP contribution is -2.26. The van der Waals surface area contributed by atoms with E-state index in [-0.39, 0.29) is 5.69 Å². The van der Waals surface area contributed by atoms with Crippen molar-refractivity contribution in [3.05, 3.63) is 20.7 Å². The average molecular weight is 282 g/mol. The molecule has 0 radical (unpaired) electrons. The lowest BCUT2D eigenvalue weighted by molar-refractivity contribution is 0.361. The van der Waals surface area contributed by atoms with Crippen LogP contribution in [0, 0.1) is 6.92 Å². The molecular weight excluding hydrogens is 271 g/mol. The Hall–Kier alpha value is -0.550. The number of hydrogen-bond donors (Lipinski definition) is 0. The highest BCUT2D eigenvalue weighted by Crippen LogP contribution is 2.24. The van der Waals surface area contributed by atoms with Crippen LogP contribution in [0.5, 0.6) is 5.88 Å². The van der Waals surface area contributed by atoms with E-state index >= 15 is 0 Å². The van der Waals surface area contributed by atoms with Gasteiger partial charge < -0.3 is 4.74 Å². The van der Waals surface area contributed by atoms with Crippen molar-refractivity contribution in [2.24, 2.45) is 0 Å². The van der Waals surface area contributed by atoms with Crippen LogP contribution in [0.4, 0.5) is 0 Å². The standard InChI is InChI=1S/C8H10BrClN2O2/c1-5-6(9)7(14-2)12(4-3-10)8(13)11-5/h3-4H2,1-2H3.